The Morgan fingerprint density at radius 3 is 2.74 bits per heavy atom. The van der Waals surface area contributed by atoms with Crippen LogP contribution in [-0.2, 0) is 4.79 Å². The van der Waals surface area contributed by atoms with Crippen LogP contribution in [0.25, 0.3) is 0 Å². The van der Waals surface area contributed by atoms with Crippen LogP contribution in [-0.4, -0.2) is 35.7 Å². The highest BCUT2D eigenvalue weighted by Crippen LogP contribution is 2.32. The standard InChI is InChI=1S/C15H28N2O2/c1-10(9-18)11(2)16-15(19)14-8-7-12-5-3-4-6-13(12)17-14/h10-14,17-18H,3-9H2,1-2H3,(H,16,19). The summed E-state index contributed by atoms with van der Waals surface area (Å²) in [5, 5.41) is 15.7. The molecule has 1 aliphatic heterocycles. The van der Waals surface area contributed by atoms with Crippen molar-refractivity contribution in [3.63, 3.8) is 0 Å². The molecule has 19 heavy (non-hydrogen) atoms. The van der Waals surface area contributed by atoms with Gasteiger partial charge in [-0.1, -0.05) is 19.8 Å². The average Bonchev–Trinajstić information content (AvgIpc) is 2.45. The molecular weight excluding hydrogens is 240 g/mol. The number of fused-ring (bicyclic) bond motifs is 1. The van der Waals surface area contributed by atoms with Crippen molar-refractivity contribution in [1.29, 1.82) is 0 Å². The zero-order valence-corrected chi connectivity index (χ0v) is 12.2. The van der Waals surface area contributed by atoms with Crippen LogP contribution in [0.15, 0.2) is 0 Å². The molecule has 1 amide bonds. The molecule has 5 atom stereocenters. The van der Waals surface area contributed by atoms with Crippen LogP contribution >= 0.6 is 0 Å². The van der Waals surface area contributed by atoms with Gasteiger partial charge in [0.15, 0.2) is 0 Å². The van der Waals surface area contributed by atoms with Gasteiger partial charge in [-0.25, -0.2) is 0 Å². The molecule has 0 aromatic heterocycles. The number of piperidine rings is 1. The zero-order valence-electron chi connectivity index (χ0n) is 12.2. The third kappa shape index (κ3) is 3.69. The van der Waals surface area contributed by atoms with E-state index in [0.717, 1.165) is 12.3 Å². The molecule has 1 saturated heterocycles. The van der Waals surface area contributed by atoms with Crippen LogP contribution in [0, 0.1) is 11.8 Å². The maximum atomic E-state index is 12.2. The lowest BCUT2D eigenvalue weighted by Gasteiger charge is -2.40. The van der Waals surface area contributed by atoms with Gasteiger partial charge in [-0.3, -0.25) is 4.79 Å². The van der Waals surface area contributed by atoms with Gasteiger partial charge in [0, 0.05) is 18.7 Å². The molecule has 0 aromatic carbocycles. The quantitative estimate of drug-likeness (QED) is 0.723. The van der Waals surface area contributed by atoms with Crippen LogP contribution in [0.4, 0.5) is 0 Å². The molecule has 2 fully saturated rings. The summed E-state index contributed by atoms with van der Waals surface area (Å²) < 4.78 is 0. The van der Waals surface area contributed by atoms with E-state index in [4.69, 9.17) is 5.11 Å². The second-order valence-electron chi connectivity index (χ2n) is 6.40. The molecule has 4 heteroatoms. The van der Waals surface area contributed by atoms with E-state index in [9.17, 15) is 4.79 Å². The van der Waals surface area contributed by atoms with Crippen LogP contribution in [0.5, 0.6) is 0 Å². The monoisotopic (exact) mass is 268 g/mol. The number of carbonyl (C=O) groups excluding carboxylic acids is 1. The molecule has 1 heterocycles. The van der Waals surface area contributed by atoms with E-state index in [1.165, 1.54) is 32.1 Å². The number of hydrogen-bond acceptors (Lipinski definition) is 3. The van der Waals surface area contributed by atoms with Crippen molar-refractivity contribution in [3.05, 3.63) is 0 Å². The van der Waals surface area contributed by atoms with Gasteiger partial charge in [0.1, 0.15) is 0 Å². The molecule has 2 aliphatic rings. The molecule has 0 radical (unpaired) electrons. The second-order valence-corrected chi connectivity index (χ2v) is 6.40. The Morgan fingerprint density at radius 2 is 2.00 bits per heavy atom. The molecular formula is C15H28N2O2. The number of aliphatic hydroxyl groups is 1. The number of amides is 1. The predicted molar refractivity (Wildman–Crippen MR) is 75.8 cm³/mol. The van der Waals surface area contributed by atoms with Crippen LogP contribution < -0.4 is 10.6 Å². The number of carbonyl (C=O) groups is 1. The molecule has 0 bridgehead atoms. The van der Waals surface area contributed by atoms with Crippen molar-refractivity contribution in [2.45, 2.75) is 70.5 Å². The van der Waals surface area contributed by atoms with Crippen molar-refractivity contribution in [2.75, 3.05) is 6.61 Å². The summed E-state index contributed by atoms with van der Waals surface area (Å²) >= 11 is 0. The van der Waals surface area contributed by atoms with E-state index >= 15 is 0 Å². The topological polar surface area (TPSA) is 61.4 Å². The third-order valence-corrected chi connectivity index (χ3v) is 4.98. The Bertz CT molecular complexity index is 309. The highest BCUT2D eigenvalue weighted by molar-refractivity contribution is 5.82. The maximum absolute atomic E-state index is 12.2. The van der Waals surface area contributed by atoms with E-state index in [2.05, 4.69) is 10.6 Å². The summed E-state index contributed by atoms with van der Waals surface area (Å²) in [6, 6.07) is 0.542. The summed E-state index contributed by atoms with van der Waals surface area (Å²) in [6.07, 6.45) is 7.32. The SMILES string of the molecule is CC(CO)C(C)NC(=O)C1CCC2CCCCC2N1. The van der Waals surface area contributed by atoms with Crippen molar-refractivity contribution >= 4 is 5.91 Å². The molecule has 5 unspecified atom stereocenters. The molecule has 0 aromatic rings. The Labute approximate surface area is 116 Å². The van der Waals surface area contributed by atoms with Gasteiger partial charge in [-0.15, -0.1) is 0 Å². The molecule has 0 spiro atoms. The first-order valence-electron chi connectivity index (χ1n) is 7.79. The van der Waals surface area contributed by atoms with Gasteiger partial charge in [0.2, 0.25) is 5.91 Å². The fourth-order valence-corrected chi connectivity index (χ4v) is 3.33. The van der Waals surface area contributed by atoms with Gasteiger partial charge in [-0.2, -0.15) is 0 Å². The fraction of sp³-hybridized carbons (Fsp3) is 0.933. The molecule has 1 aliphatic carbocycles. The molecule has 1 saturated carbocycles. The summed E-state index contributed by atoms with van der Waals surface area (Å²) in [4.78, 5) is 12.2. The van der Waals surface area contributed by atoms with Gasteiger partial charge in [0.05, 0.1) is 6.04 Å². The first-order valence-corrected chi connectivity index (χ1v) is 7.79. The van der Waals surface area contributed by atoms with Crippen molar-refractivity contribution in [1.82, 2.24) is 10.6 Å². The fourth-order valence-electron chi connectivity index (χ4n) is 3.33. The minimum Gasteiger partial charge on any atom is -0.396 e. The van der Waals surface area contributed by atoms with Gasteiger partial charge in [-0.05, 0) is 44.4 Å². The van der Waals surface area contributed by atoms with Gasteiger partial charge in [0.25, 0.3) is 0 Å². The smallest absolute Gasteiger partial charge is 0.237 e. The molecule has 3 N–H and O–H groups in total. The normalized spacial score (nSPS) is 34.2. The Kier molecular flexibility index (Phi) is 5.22. The number of nitrogens with one attached hydrogen (secondary N) is 2. The van der Waals surface area contributed by atoms with Crippen molar-refractivity contribution in [3.8, 4) is 0 Å². The van der Waals surface area contributed by atoms with E-state index in [-0.39, 0.29) is 30.5 Å². The number of hydrogen-bond donors (Lipinski definition) is 3. The summed E-state index contributed by atoms with van der Waals surface area (Å²) in [6.45, 7) is 4.03. The maximum Gasteiger partial charge on any atom is 0.237 e. The van der Waals surface area contributed by atoms with E-state index in [1.807, 2.05) is 13.8 Å². The summed E-state index contributed by atoms with van der Waals surface area (Å²) in [5.41, 5.74) is 0. The largest absolute Gasteiger partial charge is 0.396 e. The third-order valence-electron chi connectivity index (χ3n) is 4.98. The van der Waals surface area contributed by atoms with Gasteiger partial charge >= 0.3 is 0 Å². The Morgan fingerprint density at radius 1 is 1.26 bits per heavy atom. The number of rotatable bonds is 4. The Hall–Kier alpha value is -0.610. The summed E-state index contributed by atoms with van der Waals surface area (Å²) in [7, 11) is 0. The predicted octanol–water partition coefficient (Wildman–Crippen LogP) is 1.43. The van der Waals surface area contributed by atoms with E-state index in [1.54, 1.807) is 0 Å². The van der Waals surface area contributed by atoms with Crippen molar-refractivity contribution in [2.24, 2.45) is 11.8 Å². The first-order chi connectivity index (χ1) is 9.11. The first kappa shape index (κ1) is 14.8. The van der Waals surface area contributed by atoms with Crippen molar-refractivity contribution < 1.29 is 9.90 Å². The lowest BCUT2D eigenvalue weighted by molar-refractivity contribution is -0.125. The molecule has 4 nitrogen and oxygen atoms in total. The highest BCUT2D eigenvalue weighted by Gasteiger charge is 2.34. The number of aliphatic hydroxyl groups excluding tert-OH is 1. The highest BCUT2D eigenvalue weighted by atomic mass is 16.3. The van der Waals surface area contributed by atoms with Crippen LogP contribution in [0.3, 0.4) is 0 Å². The molecule has 2 rings (SSSR count). The lowest BCUT2D eigenvalue weighted by atomic mass is 9.77. The average molecular weight is 268 g/mol. The minimum atomic E-state index is -0.0345. The van der Waals surface area contributed by atoms with Crippen LogP contribution in [0.1, 0.15) is 52.4 Å². The lowest BCUT2D eigenvalue weighted by Crippen LogP contribution is -2.56. The molecule has 110 valence electrons. The van der Waals surface area contributed by atoms with E-state index in [0.29, 0.717) is 6.04 Å². The zero-order chi connectivity index (χ0) is 13.8. The second kappa shape index (κ2) is 6.71. The van der Waals surface area contributed by atoms with E-state index < -0.39 is 0 Å². The summed E-state index contributed by atoms with van der Waals surface area (Å²) in [5.74, 6) is 0.999. The van der Waals surface area contributed by atoms with Gasteiger partial charge < -0.3 is 15.7 Å². The van der Waals surface area contributed by atoms with Crippen LogP contribution in [0.2, 0.25) is 0 Å². The Balaban J connectivity index is 1.83. The minimum absolute atomic E-state index is 0.0309.